The molecule has 26 heavy (non-hydrogen) atoms. The maximum absolute atomic E-state index is 12.5. The Labute approximate surface area is 158 Å². The molecule has 2 N–H and O–H groups in total. The Morgan fingerprint density at radius 2 is 1.65 bits per heavy atom. The molecule has 5 heteroatoms. The van der Waals surface area contributed by atoms with Crippen LogP contribution in [0.4, 0.5) is 11.4 Å². The average Bonchev–Trinajstić information content (AvgIpc) is 3.39. The molecule has 0 bridgehead atoms. The topological polar surface area (TPSA) is 58.2 Å². The third-order valence-corrected chi connectivity index (χ3v) is 5.07. The number of halogens is 1. The molecular weight excluding hydrogens is 348 g/mol. The maximum Gasteiger partial charge on any atom is 0.228 e. The second-order valence-electron chi connectivity index (χ2n) is 6.92. The first-order valence-electron chi connectivity index (χ1n) is 8.86. The fraction of sp³-hybridized carbons (Fsp3) is 0.333. The number of amides is 2. The number of anilines is 2. The van der Waals surface area contributed by atoms with E-state index in [0.717, 1.165) is 23.2 Å². The van der Waals surface area contributed by atoms with Crippen LogP contribution in [0.3, 0.4) is 0 Å². The van der Waals surface area contributed by atoms with Gasteiger partial charge in [-0.1, -0.05) is 36.7 Å². The van der Waals surface area contributed by atoms with Crippen molar-refractivity contribution in [1.82, 2.24) is 0 Å². The summed E-state index contributed by atoms with van der Waals surface area (Å²) < 4.78 is 0. The Balaban J connectivity index is 1.59. The molecule has 1 saturated carbocycles. The van der Waals surface area contributed by atoms with Gasteiger partial charge in [0.1, 0.15) is 0 Å². The summed E-state index contributed by atoms with van der Waals surface area (Å²) in [4.78, 5) is 24.8. The highest BCUT2D eigenvalue weighted by molar-refractivity contribution is 6.34. The molecule has 2 atom stereocenters. The third-order valence-electron chi connectivity index (χ3n) is 4.77. The fourth-order valence-corrected chi connectivity index (χ4v) is 3.49. The van der Waals surface area contributed by atoms with Gasteiger partial charge in [0.05, 0.1) is 22.5 Å². The Bertz CT molecular complexity index is 823. The molecule has 0 aromatic heterocycles. The molecule has 1 aliphatic carbocycles. The molecule has 3 rings (SSSR count). The van der Waals surface area contributed by atoms with Crippen LogP contribution in [-0.2, 0) is 16.0 Å². The van der Waals surface area contributed by atoms with Crippen molar-refractivity contribution in [3.8, 4) is 0 Å². The molecule has 2 unspecified atom stereocenters. The smallest absolute Gasteiger partial charge is 0.228 e. The van der Waals surface area contributed by atoms with Crippen LogP contribution in [0.1, 0.15) is 30.0 Å². The summed E-state index contributed by atoms with van der Waals surface area (Å²) in [5.41, 5.74) is 4.57. The summed E-state index contributed by atoms with van der Waals surface area (Å²) in [7, 11) is 0. The van der Waals surface area contributed by atoms with E-state index < -0.39 is 0 Å². The van der Waals surface area contributed by atoms with Gasteiger partial charge in [-0.05, 0) is 61.6 Å². The Morgan fingerprint density at radius 3 is 2.23 bits per heavy atom. The van der Waals surface area contributed by atoms with Crippen molar-refractivity contribution < 1.29 is 9.59 Å². The molecule has 0 spiro atoms. The second kappa shape index (κ2) is 7.50. The van der Waals surface area contributed by atoms with E-state index in [1.54, 1.807) is 0 Å². The number of hydrogen-bond acceptors (Lipinski definition) is 2. The standard InChI is InChI=1S/C21H23ClN2O2/c1-4-14-5-7-15(8-6-14)23-20(25)16-11-17(16)21(26)24-19-13(3)9-12(2)10-18(19)22/h5-10,16-17H,4,11H2,1-3H3,(H,23,25)(H,24,26). The van der Waals surface area contributed by atoms with Crippen LogP contribution in [0, 0.1) is 25.7 Å². The molecule has 0 saturated heterocycles. The number of hydrogen-bond donors (Lipinski definition) is 2. The van der Waals surface area contributed by atoms with Gasteiger partial charge in [-0.25, -0.2) is 0 Å². The lowest BCUT2D eigenvalue weighted by Gasteiger charge is -2.11. The molecular formula is C21H23ClN2O2. The van der Waals surface area contributed by atoms with Gasteiger partial charge in [0.15, 0.2) is 0 Å². The quantitative estimate of drug-likeness (QED) is 0.799. The number of aryl methyl sites for hydroxylation is 3. The van der Waals surface area contributed by atoms with Crippen molar-refractivity contribution >= 4 is 34.8 Å². The normalized spacial score (nSPS) is 18.3. The van der Waals surface area contributed by atoms with Crippen molar-refractivity contribution in [1.29, 1.82) is 0 Å². The minimum Gasteiger partial charge on any atom is -0.326 e. The molecule has 2 aromatic carbocycles. The molecule has 1 fully saturated rings. The lowest BCUT2D eigenvalue weighted by molar-refractivity contribution is -0.122. The first-order chi connectivity index (χ1) is 12.4. The zero-order valence-corrected chi connectivity index (χ0v) is 16.0. The van der Waals surface area contributed by atoms with Crippen molar-refractivity contribution in [3.05, 3.63) is 58.1 Å². The van der Waals surface area contributed by atoms with Crippen molar-refractivity contribution in [2.24, 2.45) is 11.8 Å². The number of carbonyl (C=O) groups excluding carboxylic acids is 2. The summed E-state index contributed by atoms with van der Waals surface area (Å²) in [6.45, 7) is 5.95. The fourth-order valence-electron chi connectivity index (χ4n) is 3.12. The summed E-state index contributed by atoms with van der Waals surface area (Å²) in [5.74, 6) is -0.853. The number of benzene rings is 2. The molecule has 2 aromatic rings. The minimum absolute atomic E-state index is 0.110. The van der Waals surface area contributed by atoms with E-state index in [2.05, 4.69) is 17.6 Å². The molecule has 1 aliphatic rings. The van der Waals surface area contributed by atoms with Crippen molar-refractivity contribution in [2.45, 2.75) is 33.6 Å². The second-order valence-corrected chi connectivity index (χ2v) is 7.32. The number of nitrogens with one attached hydrogen (secondary N) is 2. The van der Waals surface area contributed by atoms with E-state index in [4.69, 9.17) is 11.6 Å². The highest BCUT2D eigenvalue weighted by Gasteiger charge is 2.48. The van der Waals surface area contributed by atoms with E-state index in [1.165, 1.54) is 5.56 Å². The first kappa shape index (κ1) is 18.5. The Morgan fingerprint density at radius 1 is 1.04 bits per heavy atom. The molecule has 136 valence electrons. The Hall–Kier alpha value is -2.33. The highest BCUT2D eigenvalue weighted by atomic mass is 35.5. The van der Waals surface area contributed by atoms with Crippen LogP contribution in [0.15, 0.2) is 36.4 Å². The van der Waals surface area contributed by atoms with Crippen molar-refractivity contribution in [2.75, 3.05) is 10.6 Å². The predicted octanol–water partition coefficient (Wildman–Crippen LogP) is 4.73. The first-order valence-corrected chi connectivity index (χ1v) is 9.24. The number of rotatable bonds is 5. The van der Waals surface area contributed by atoms with Gasteiger partial charge in [-0.2, -0.15) is 0 Å². The van der Waals surface area contributed by atoms with Crippen LogP contribution in [-0.4, -0.2) is 11.8 Å². The van der Waals surface area contributed by atoms with Gasteiger partial charge >= 0.3 is 0 Å². The van der Waals surface area contributed by atoms with Gasteiger partial charge < -0.3 is 10.6 Å². The Kier molecular flexibility index (Phi) is 5.33. The molecule has 2 amide bonds. The third kappa shape index (κ3) is 4.07. The summed E-state index contributed by atoms with van der Waals surface area (Å²) in [6.07, 6.45) is 1.52. The van der Waals surface area contributed by atoms with Crippen molar-refractivity contribution in [3.63, 3.8) is 0 Å². The van der Waals surface area contributed by atoms with Crippen LogP contribution in [0.5, 0.6) is 0 Å². The molecule has 0 aliphatic heterocycles. The zero-order chi connectivity index (χ0) is 18.8. The number of carbonyl (C=O) groups is 2. The SMILES string of the molecule is CCc1ccc(NC(=O)C2CC2C(=O)Nc2c(C)cc(C)cc2Cl)cc1. The summed E-state index contributed by atoms with van der Waals surface area (Å²) >= 11 is 6.24. The maximum atomic E-state index is 12.5. The van der Waals surface area contributed by atoms with E-state index in [1.807, 2.05) is 50.2 Å². The van der Waals surface area contributed by atoms with E-state index in [9.17, 15) is 9.59 Å². The summed E-state index contributed by atoms with van der Waals surface area (Å²) in [5, 5.41) is 6.29. The lowest BCUT2D eigenvalue weighted by atomic mass is 10.1. The zero-order valence-electron chi connectivity index (χ0n) is 15.2. The van der Waals surface area contributed by atoms with Gasteiger partial charge in [0.2, 0.25) is 11.8 Å². The van der Waals surface area contributed by atoms with Crippen LogP contribution in [0.2, 0.25) is 5.02 Å². The van der Waals surface area contributed by atoms with Crippen LogP contribution < -0.4 is 10.6 Å². The average molecular weight is 371 g/mol. The lowest BCUT2D eigenvalue weighted by Crippen LogP contribution is -2.21. The predicted molar refractivity (Wildman–Crippen MR) is 106 cm³/mol. The van der Waals surface area contributed by atoms with Gasteiger partial charge in [-0.3, -0.25) is 9.59 Å². The molecule has 4 nitrogen and oxygen atoms in total. The van der Waals surface area contributed by atoms with E-state index in [-0.39, 0.29) is 23.7 Å². The molecule has 0 heterocycles. The van der Waals surface area contributed by atoms with Crippen LogP contribution in [0.25, 0.3) is 0 Å². The van der Waals surface area contributed by atoms with E-state index >= 15 is 0 Å². The highest BCUT2D eigenvalue weighted by Crippen LogP contribution is 2.41. The summed E-state index contributed by atoms with van der Waals surface area (Å²) in [6, 6.07) is 11.6. The minimum atomic E-state index is -0.304. The van der Waals surface area contributed by atoms with Gasteiger partial charge in [0.25, 0.3) is 0 Å². The largest absolute Gasteiger partial charge is 0.326 e. The van der Waals surface area contributed by atoms with Gasteiger partial charge in [0, 0.05) is 5.69 Å². The monoisotopic (exact) mass is 370 g/mol. The van der Waals surface area contributed by atoms with Crippen LogP contribution >= 0.6 is 11.6 Å². The van der Waals surface area contributed by atoms with E-state index in [0.29, 0.717) is 17.1 Å². The van der Waals surface area contributed by atoms with Gasteiger partial charge in [-0.15, -0.1) is 0 Å². The molecule has 0 radical (unpaired) electrons.